The fourth-order valence-corrected chi connectivity index (χ4v) is 2.00. The lowest BCUT2D eigenvalue weighted by molar-refractivity contribution is -0.118. The Hall–Kier alpha value is -3.02. The summed E-state index contributed by atoms with van der Waals surface area (Å²) in [4.78, 5) is 23.7. The van der Waals surface area contributed by atoms with E-state index in [0.29, 0.717) is 29.6 Å². The second kappa shape index (κ2) is 9.32. The van der Waals surface area contributed by atoms with Crippen LogP contribution in [0, 0.1) is 5.92 Å². The molecule has 25 heavy (non-hydrogen) atoms. The van der Waals surface area contributed by atoms with Gasteiger partial charge in [0, 0.05) is 24.0 Å². The zero-order valence-electron chi connectivity index (χ0n) is 14.4. The molecule has 3 N–H and O–H groups in total. The van der Waals surface area contributed by atoms with Gasteiger partial charge in [0.2, 0.25) is 0 Å². The minimum Gasteiger partial charge on any atom is -0.484 e. The molecule has 132 valence electrons. The van der Waals surface area contributed by atoms with Crippen molar-refractivity contribution in [1.29, 1.82) is 0 Å². The van der Waals surface area contributed by atoms with Gasteiger partial charge < -0.3 is 20.7 Å². The number of anilines is 2. The largest absolute Gasteiger partial charge is 0.484 e. The molecule has 0 saturated carbocycles. The average Bonchev–Trinajstić information content (AvgIpc) is 2.59. The van der Waals surface area contributed by atoms with Crippen LogP contribution in [-0.4, -0.2) is 25.1 Å². The monoisotopic (exact) mass is 341 g/mol. The fourth-order valence-electron chi connectivity index (χ4n) is 2.00. The molecule has 0 unspecified atom stereocenters. The highest BCUT2D eigenvalue weighted by atomic mass is 16.5. The first-order chi connectivity index (χ1) is 12.0. The lowest BCUT2D eigenvalue weighted by Crippen LogP contribution is -2.31. The minimum absolute atomic E-state index is 0.113. The van der Waals surface area contributed by atoms with E-state index in [1.807, 2.05) is 32.0 Å². The van der Waals surface area contributed by atoms with Gasteiger partial charge in [-0.1, -0.05) is 38.1 Å². The van der Waals surface area contributed by atoms with Crippen molar-refractivity contribution in [2.24, 2.45) is 5.92 Å². The van der Waals surface area contributed by atoms with Crippen LogP contribution in [0.5, 0.6) is 5.75 Å². The summed E-state index contributed by atoms with van der Waals surface area (Å²) in [7, 11) is 0. The van der Waals surface area contributed by atoms with Crippen LogP contribution in [0.25, 0.3) is 0 Å². The van der Waals surface area contributed by atoms with Gasteiger partial charge in [0.1, 0.15) is 5.75 Å². The maximum absolute atomic E-state index is 11.9. The van der Waals surface area contributed by atoms with Gasteiger partial charge >= 0.3 is 6.03 Å². The SMILES string of the molecule is CC(C)CNC(=O)Nc1cccc(OCC(=O)Nc2ccccc2)c1. The molecular formula is C19H23N3O3. The van der Waals surface area contributed by atoms with Crippen molar-refractivity contribution in [1.82, 2.24) is 5.32 Å². The van der Waals surface area contributed by atoms with Crippen molar-refractivity contribution < 1.29 is 14.3 Å². The number of urea groups is 1. The number of nitrogens with one attached hydrogen (secondary N) is 3. The van der Waals surface area contributed by atoms with Gasteiger partial charge in [-0.15, -0.1) is 0 Å². The van der Waals surface area contributed by atoms with Crippen LogP contribution in [0.15, 0.2) is 54.6 Å². The number of ether oxygens (including phenoxy) is 1. The van der Waals surface area contributed by atoms with E-state index >= 15 is 0 Å². The van der Waals surface area contributed by atoms with E-state index in [4.69, 9.17) is 4.74 Å². The Morgan fingerprint density at radius 2 is 1.68 bits per heavy atom. The number of para-hydroxylation sites is 1. The molecule has 6 nitrogen and oxygen atoms in total. The highest BCUT2D eigenvalue weighted by molar-refractivity contribution is 5.92. The quantitative estimate of drug-likeness (QED) is 0.721. The maximum Gasteiger partial charge on any atom is 0.319 e. The van der Waals surface area contributed by atoms with E-state index in [-0.39, 0.29) is 18.5 Å². The van der Waals surface area contributed by atoms with E-state index in [9.17, 15) is 9.59 Å². The molecule has 6 heteroatoms. The molecular weight excluding hydrogens is 318 g/mol. The van der Waals surface area contributed by atoms with E-state index in [1.165, 1.54) is 0 Å². The smallest absolute Gasteiger partial charge is 0.319 e. The Morgan fingerprint density at radius 1 is 0.960 bits per heavy atom. The lowest BCUT2D eigenvalue weighted by atomic mass is 10.2. The summed E-state index contributed by atoms with van der Waals surface area (Å²) in [6.07, 6.45) is 0. The van der Waals surface area contributed by atoms with Crippen LogP contribution in [0.3, 0.4) is 0 Å². The van der Waals surface area contributed by atoms with Crippen molar-refractivity contribution in [3.8, 4) is 5.75 Å². The highest BCUT2D eigenvalue weighted by Crippen LogP contribution is 2.17. The zero-order chi connectivity index (χ0) is 18.1. The number of rotatable bonds is 7. The highest BCUT2D eigenvalue weighted by Gasteiger charge is 2.06. The minimum atomic E-state index is -0.271. The predicted molar refractivity (Wildman–Crippen MR) is 98.9 cm³/mol. The van der Waals surface area contributed by atoms with Crippen molar-refractivity contribution in [3.05, 3.63) is 54.6 Å². The summed E-state index contributed by atoms with van der Waals surface area (Å²) in [6, 6.07) is 15.8. The molecule has 2 aromatic rings. The van der Waals surface area contributed by atoms with Gasteiger partial charge in [0.25, 0.3) is 5.91 Å². The normalized spacial score (nSPS) is 10.2. The molecule has 0 radical (unpaired) electrons. The van der Waals surface area contributed by atoms with Crippen molar-refractivity contribution in [2.75, 3.05) is 23.8 Å². The molecule has 0 saturated heterocycles. The molecule has 3 amide bonds. The third-order valence-corrected chi connectivity index (χ3v) is 3.19. The zero-order valence-corrected chi connectivity index (χ0v) is 14.4. The number of carbonyl (C=O) groups excluding carboxylic acids is 2. The van der Waals surface area contributed by atoms with E-state index < -0.39 is 0 Å². The van der Waals surface area contributed by atoms with Gasteiger partial charge in [0.05, 0.1) is 0 Å². The van der Waals surface area contributed by atoms with Crippen LogP contribution >= 0.6 is 0 Å². The van der Waals surface area contributed by atoms with E-state index in [2.05, 4.69) is 16.0 Å². The molecule has 0 aliphatic rings. The lowest BCUT2D eigenvalue weighted by Gasteiger charge is -2.11. The summed E-state index contributed by atoms with van der Waals surface area (Å²) in [6.45, 7) is 4.53. The van der Waals surface area contributed by atoms with Crippen LogP contribution in [0.2, 0.25) is 0 Å². The number of hydrogen-bond acceptors (Lipinski definition) is 3. The summed E-state index contributed by atoms with van der Waals surface area (Å²) >= 11 is 0. The topological polar surface area (TPSA) is 79.5 Å². The number of benzene rings is 2. The molecule has 0 aromatic heterocycles. The molecule has 2 rings (SSSR count). The standard InChI is InChI=1S/C19H23N3O3/c1-14(2)12-20-19(24)22-16-9-6-10-17(11-16)25-13-18(23)21-15-7-4-3-5-8-15/h3-11,14H,12-13H2,1-2H3,(H,21,23)(H2,20,22,24). The van der Waals surface area contributed by atoms with Gasteiger partial charge in [-0.25, -0.2) is 4.79 Å². The Labute approximate surface area is 147 Å². The first kappa shape index (κ1) is 18.3. The molecule has 0 aliphatic carbocycles. The number of amides is 3. The number of hydrogen-bond donors (Lipinski definition) is 3. The molecule has 0 fully saturated rings. The fraction of sp³-hybridized carbons (Fsp3) is 0.263. The van der Waals surface area contributed by atoms with Crippen LogP contribution in [0.1, 0.15) is 13.8 Å². The van der Waals surface area contributed by atoms with Crippen molar-refractivity contribution >= 4 is 23.3 Å². The molecule has 0 atom stereocenters. The molecule has 0 bridgehead atoms. The summed E-state index contributed by atoms with van der Waals surface area (Å²) < 4.78 is 5.48. The summed E-state index contributed by atoms with van der Waals surface area (Å²) in [5, 5.41) is 8.25. The molecule has 2 aromatic carbocycles. The van der Waals surface area contributed by atoms with Gasteiger partial charge in [-0.05, 0) is 30.2 Å². The Balaban J connectivity index is 1.82. The third kappa shape index (κ3) is 6.95. The Bertz CT molecular complexity index is 702. The van der Waals surface area contributed by atoms with Crippen LogP contribution < -0.4 is 20.7 Å². The van der Waals surface area contributed by atoms with Crippen LogP contribution in [0.4, 0.5) is 16.2 Å². The summed E-state index contributed by atoms with van der Waals surface area (Å²) in [5.74, 6) is 0.632. The van der Waals surface area contributed by atoms with Crippen molar-refractivity contribution in [2.45, 2.75) is 13.8 Å². The summed E-state index contributed by atoms with van der Waals surface area (Å²) in [5.41, 5.74) is 1.32. The number of carbonyl (C=O) groups is 2. The second-order valence-corrected chi connectivity index (χ2v) is 5.96. The van der Waals surface area contributed by atoms with Crippen molar-refractivity contribution in [3.63, 3.8) is 0 Å². The molecule has 0 heterocycles. The average molecular weight is 341 g/mol. The Kier molecular flexibility index (Phi) is 6.83. The van der Waals surface area contributed by atoms with Crippen LogP contribution in [-0.2, 0) is 4.79 Å². The van der Waals surface area contributed by atoms with Gasteiger partial charge in [-0.3, -0.25) is 4.79 Å². The maximum atomic E-state index is 11.9. The first-order valence-electron chi connectivity index (χ1n) is 8.15. The molecule has 0 aliphatic heterocycles. The van der Waals surface area contributed by atoms with Gasteiger partial charge in [0.15, 0.2) is 6.61 Å². The molecule has 0 spiro atoms. The Morgan fingerprint density at radius 3 is 2.40 bits per heavy atom. The van der Waals surface area contributed by atoms with Gasteiger partial charge in [-0.2, -0.15) is 0 Å². The second-order valence-electron chi connectivity index (χ2n) is 5.96. The third-order valence-electron chi connectivity index (χ3n) is 3.19. The van der Waals surface area contributed by atoms with E-state index in [0.717, 1.165) is 0 Å². The predicted octanol–water partition coefficient (Wildman–Crippen LogP) is 3.48. The first-order valence-corrected chi connectivity index (χ1v) is 8.15. The van der Waals surface area contributed by atoms with E-state index in [1.54, 1.807) is 36.4 Å².